The van der Waals surface area contributed by atoms with E-state index in [1.54, 1.807) is 0 Å². The van der Waals surface area contributed by atoms with Crippen molar-refractivity contribution in [3.63, 3.8) is 0 Å². The summed E-state index contributed by atoms with van der Waals surface area (Å²) in [4.78, 5) is 13.0. The fourth-order valence-electron chi connectivity index (χ4n) is 4.51. The minimum Gasteiger partial charge on any atom is -0.496 e. The van der Waals surface area contributed by atoms with Gasteiger partial charge in [-0.2, -0.15) is 44.3 Å². The van der Waals surface area contributed by atoms with Crippen molar-refractivity contribution in [3.05, 3.63) is 94.1 Å². The minimum atomic E-state index is -5.14. The summed E-state index contributed by atoms with van der Waals surface area (Å²) in [6.45, 7) is -1.26. The van der Waals surface area contributed by atoms with Crippen LogP contribution < -0.4 is 9.64 Å². The maximum absolute atomic E-state index is 13.9. The van der Waals surface area contributed by atoms with Crippen LogP contribution in [0.25, 0.3) is 17.2 Å². The maximum Gasteiger partial charge on any atom is 0.416 e. The highest BCUT2D eigenvalue weighted by Crippen LogP contribution is 2.40. The number of nitrogens with zero attached hydrogens (tertiary/aromatic N) is 5. The molecule has 3 aromatic carbocycles. The van der Waals surface area contributed by atoms with Crippen LogP contribution in [0, 0.1) is 0 Å². The maximum atomic E-state index is 13.9. The summed E-state index contributed by atoms with van der Waals surface area (Å²) in [6.07, 6.45) is -13.0. The normalized spacial score (nSPS) is 12.5. The first-order valence-electron chi connectivity index (χ1n) is 12.9. The van der Waals surface area contributed by atoms with E-state index in [9.17, 15) is 44.3 Å². The molecule has 0 saturated heterocycles. The first kappa shape index (κ1) is 33.8. The molecule has 46 heavy (non-hydrogen) atoms. The van der Waals surface area contributed by atoms with E-state index in [0.717, 1.165) is 34.0 Å². The van der Waals surface area contributed by atoms with Gasteiger partial charge < -0.3 is 14.7 Å². The summed E-state index contributed by atoms with van der Waals surface area (Å²) in [7, 11) is 2.62. The summed E-state index contributed by atoms with van der Waals surface area (Å²) in [5, 5.41) is 20.4. The summed E-state index contributed by atoms with van der Waals surface area (Å²) in [6, 6.07) is 8.00. The van der Waals surface area contributed by atoms with E-state index in [2.05, 4.69) is 15.4 Å². The van der Waals surface area contributed by atoms with Gasteiger partial charge in [0.05, 0.1) is 30.8 Å². The van der Waals surface area contributed by atoms with Crippen molar-refractivity contribution in [1.82, 2.24) is 20.2 Å². The first-order chi connectivity index (χ1) is 21.3. The molecular weight excluding hydrogens is 637 g/mol. The van der Waals surface area contributed by atoms with Crippen molar-refractivity contribution in [1.29, 1.82) is 0 Å². The van der Waals surface area contributed by atoms with Gasteiger partial charge in [-0.25, -0.2) is 4.79 Å². The predicted molar refractivity (Wildman–Crippen MR) is 145 cm³/mol. The van der Waals surface area contributed by atoms with Gasteiger partial charge in [-0.1, -0.05) is 17.2 Å². The van der Waals surface area contributed by atoms with Crippen molar-refractivity contribution in [2.75, 3.05) is 12.0 Å². The Morgan fingerprint density at radius 3 is 2.00 bits per heavy atom. The summed E-state index contributed by atoms with van der Waals surface area (Å²) in [5.41, 5.74) is -4.17. The Hall–Kier alpha value is -5.09. The SMILES string of the molecule is COc1ccc(C=CC(=O)O)cc1-c1ccc(C(F)(F)F)cc1CN(Cc1cc(C(F)(F)F)cc(C(F)(F)F)c1)c1nnn(C)n1. The lowest BCUT2D eigenvalue weighted by Crippen LogP contribution is -2.25. The Labute approximate surface area is 254 Å². The number of benzene rings is 3. The average molecular weight is 660 g/mol. The van der Waals surface area contributed by atoms with Crippen molar-refractivity contribution in [3.8, 4) is 16.9 Å². The van der Waals surface area contributed by atoms with Crippen LogP contribution in [0.3, 0.4) is 0 Å². The zero-order chi connectivity index (χ0) is 34.0. The van der Waals surface area contributed by atoms with Gasteiger partial charge in [0.15, 0.2) is 0 Å². The van der Waals surface area contributed by atoms with Gasteiger partial charge in [0.2, 0.25) is 0 Å². The van der Waals surface area contributed by atoms with Crippen LogP contribution in [0.5, 0.6) is 5.75 Å². The number of ether oxygens (including phenoxy) is 1. The number of aliphatic carboxylic acids is 1. The molecule has 1 heterocycles. The highest BCUT2D eigenvalue weighted by atomic mass is 19.4. The van der Waals surface area contributed by atoms with Crippen molar-refractivity contribution >= 4 is 18.0 Å². The van der Waals surface area contributed by atoms with Crippen LogP contribution in [-0.4, -0.2) is 38.4 Å². The molecule has 0 bridgehead atoms. The second kappa shape index (κ2) is 12.7. The van der Waals surface area contributed by atoms with Crippen LogP contribution in [0.4, 0.5) is 45.5 Å². The van der Waals surface area contributed by atoms with Gasteiger partial charge >= 0.3 is 24.5 Å². The number of methoxy groups -OCH3 is 1. The largest absolute Gasteiger partial charge is 0.496 e. The van der Waals surface area contributed by atoms with Crippen molar-refractivity contribution in [2.45, 2.75) is 31.6 Å². The number of carboxylic acid groups (broad SMARTS) is 1. The molecule has 4 aromatic rings. The van der Waals surface area contributed by atoms with Crippen LogP contribution in [0.2, 0.25) is 0 Å². The molecule has 0 radical (unpaired) electrons. The number of hydrogen-bond acceptors (Lipinski definition) is 6. The topological polar surface area (TPSA) is 93.4 Å². The molecule has 0 aliphatic heterocycles. The third kappa shape index (κ3) is 8.13. The molecule has 0 unspecified atom stereocenters. The van der Waals surface area contributed by atoms with Gasteiger partial charge in [0.1, 0.15) is 5.75 Å². The molecule has 0 saturated carbocycles. The summed E-state index contributed by atoms with van der Waals surface area (Å²) >= 11 is 0. The smallest absolute Gasteiger partial charge is 0.416 e. The van der Waals surface area contributed by atoms with E-state index < -0.39 is 59.8 Å². The number of halogens is 9. The van der Waals surface area contributed by atoms with Gasteiger partial charge in [0, 0.05) is 24.7 Å². The second-order valence-corrected chi connectivity index (χ2v) is 9.85. The lowest BCUT2D eigenvalue weighted by Gasteiger charge is -2.25. The van der Waals surface area contributed by atoms with Gasteiger partial charge in [-0.3, -0.25) is 0 Å². The predicted octanol–water partition coefficient (Wildman–Crippen LogP) is 7.25. The number of alkyl halides is 9. The van der Waals surface area contributed by atoms with E-state index in [0.29, 0.717) is 17.7 Å². The van der Waals surface area contributed by atoms with Crippen molar-refractivity contribution in [2.24, 2.45) is 7.05 Å². The van der Waals surface area contributed by atoms with E-state index in [-0.39, 0.29) is 34.5 Å². The fraction of sp³-hybridized carbons (Fsp3) is 0.241. The lowest BCUT2D eigenvalue weighted by atomic mass is 9.94. The molecule has 0 atom stereocenters. The molecule has 0 aliphatic carbocycles. The highest BCUT2D eigenvalue weighted by molar-refractivity contribution is 5.86. The minimum absolute atomic E-state index is 0.0443. The quantitative estimate of drug-likeness (QED) is 0.150. The van der Waals surface area contributed by atoms with Gasteiger partial charge in [-0.15, -0.1) is 5.10 Å². The number of rotatable bonds is 9. The number of tetrazole rings is 1. The number of carboxylic acids is 1. The monoisotopic (exact) mass is 659 g/mol. The Morgan fingerprint density at radius 1 is 0.848 bits per heavy atom. The average Bonchev–Trinajstić information content (AvgIpc) is 3.40. The van der Waals surface area contributed by atoms with Crippen LogP contribution in [-0.2, 0) is 43.5 Å². The third-order valence-corrected chi connectivity index (χ3v) is 6.53. The lowest BCUT2D eigenvalue weighted by molar-refractivity contribution is -0.143. The zero-order valence-electron chi connectivity index (χ0n) is 23.7. The molecule has 1 aromatic heterocycles. The standard InChI is InChI=1S/C29H22F9N5O3/c1-42-40-26(39-41-42)43(14-17-9-20(28(33,34)35)13-21(10-17)29(36,37)38)15-18-12-19(27(30,31)32)5-6-22(18)23-11-16(4-8-25(44)45)3-7-24(23)46-2/h3-13H,14-15H2,1-2H3,(H,44,45). The first-order valence-corrected chi connectivity index (χ1v) is 12.9. The molecule has 0 aliphatic rings. The van der Waals surface area contributed by atoms with Gasteiger partial charge in [0.25, 0.3) is 5.95 Å². The van der Waals surface area contributed by atoms with E-state index in [4.69, 9.17) is 9.84 Å². The number of aromatic nitrogens is 4. The molecule has 17 heteroatoms. The van der Waals surface area contributed by atoms with Gasteiger partial charge in [-0.05, 0) is 76.0 Å². The third-order valence-electron chi connectivity index (χ3n) is 6.53. The number of aryl methyl sites for hydroxylation is 1. The molecule has 8 nitrogen and oxygen atoms in total. The van der Waals surface area contributed by atoms with Crippen molar-refractivity contribution < 1.29 is 54.2 Å². The van der Waals surface area contributed by atoms with Crippen LogP contribution in [0.15, 0.2) is 60.7 Å². The Balaban J connectivity index is 1.90. The van der Waals surface area contributed by atoms with E-state index in [1.807, 2.05) is 0 Å². The van der Waals surface area contributed by atoms with Crippen LogP contribution in [0.1, 0.15) is 33.4 Å². The Morgan fingerprint density at radius 2 is 1.48 bits per heavy atom. The summed E-state index contributed by atoms with van der Waals surface area (Å²) in [5.74, 6) is -1.39. The van der Waals surface area contributed by atoms with Crippen LogP contribution >= 0.6 is 0 Å². The van der Waals surface area contributed by atoms with E-state index in [1.165, 1.54) is 38.4 Å². The molecule has 244 valence electrons. The summed E-state index contributed by atoms with van der Waals surface area (Å²) < 4.78 is 128. The Kier molecular flexibility index (Phi) is 9.35. The molecule has 1 N–H and O–H groups in total. The molecule has 0 fully saturated rings. The fourth-order valence-corrected chi connectivity index (χ4v) is 4.51. The zero-order valence-corrected chi connectivity index (χ0v) is 23.7. The highest BCUT2D eigenvalue weighted by Gasteiger charge is 2.37. The molecule has 0 amide bonds. The second-order valence-electron chi connectivity index (χ2n) is 9.85. The number of carbonyl (C=O) groups is 1. The van der Waals surface area contributed by atoms with E-state index >= 15 is 0 Å². The number of anilines is 1. The molecule has 4 rings (SSSR count). The number of hydrogen-bond donors (Lipinski definition) is 1. The Bertz CT molecular complexity index is 1730. The molecule has 0 spiro atoms. The molecular formula is C29H22F9N5O3.